The van der Waals surface area contributed by atoms with Gasteiger partial charge in [0.25, 0.3) is 0 Å². The molecule has 0 spiro atoms. The van der Waals surface area contributed by atoms with Crippen LogP contribution in [0.4, 0.5) is 10.1 Å². The molecule has 0 bridgehead atoms. The van der Waals surface area contributed by atoms with Crippen molar-refractivity contribution in [3.63, 3.8) is 0 Å². The van der Waals surface area contributed by atoms with Gasteiger partial charge in [-0.1, -0.05) is 0 Å². The number of halogens is 1. The van der Waals surface area contributed by atoms with Gasteiger partial charge >= 0.3 is 0 Å². The molecule has 16 heavy (non-hydrogen) atoms. The molecule has 0 radical (unpaired) electrons. The minimum absolute atomic E-state index is 0.194. The van der Waals surface area contributed by atoms with E-state index in [9.17, 15) is 4.39 Å². The van der Waals surface area contributed by atoms with Crippen LogP contribution in [0.15, 0.2) is 23.6 Å². The SMILES string of the molecule is Cc1nc(COc2ccc(N)cc2F)cs1. The molecule has 2 aromatic rings. The monoisotopic (exact) mass is 238 g/mol. The van der Waals surface area contributed by atoms with Crippen LogP contribution in [0, 0.1) is 12.7 Å². The van der Waals surface area contributed by atoms with E-state index >= 15 is 0 Å². The Hall–Kier alpha value is -1.62. The fraction of sp³-hybridized carbons (Fsp3) is 0.182. The van der Waals surface area contributed by atoms with Gasteiger partial charge in [0.15, 0.2) is 11.6 Å². The van der Waals surface area contributed by atoms with Gasteiger partial charge in [-0.2, -0.15) is 0 Å². The fourth-order valence-electron chi connectivity index (χ4n) is 1.26. The lowest BCUT2D eigenvalue weighted by molar-refractivity contribution is 0.286. The molecule has 0 aliphatic rings. The van der Waals surface area contributed by atoms with Crippen molar-refractivity contribution in [1.29, 1.82) is 0 Å². The molecule has 1 aromatic carbocycles. The van der Waals surface area contributed by atoms with Crippen molar-refractivity contribution >= 4 is 17.0 Å². The molecule has 0 unspecified atom stereocenters. The Balaban J connectivity index is 2.04. The minimum Gasteiger partial charge on any atom is -0.484 e. The number of anilines is 1. The lowest BCUT2D eigenvalue weighted by atomic mass is 10.3. The van der Waals surface area contributed by atoms with E-state index in [2.05, 4.69) is 4.98 Å². The normalized spacial score (nSPS) is 10.4. The van der Waals surface area contributed by atoms with Crippen LogP contribution >= 0.6 is 11.3 Å². The highest BCUT2D eigenvalue weighted by Gasteiger charge is 2.05. The number of hydrogen-bond acceptors (Lipinski definition) is 4. The number of thiazole rings is 1. The molecule has 0 saturated carbocycles. The third kappa shape index (κ3) is 2.49. The standard InChI is InChI=1S/C11H11FN2OS/c1-7-14-9(6-16-7)5-15-11-3-2-8(13)4-10(11)12/h2-4,6H,5,13H2,1H3. The first kappa shape index (κ1) is 10.9. The number of benzene rings is 1. The van der Waals surface area contributed by atoms with Crippen LogP contribution in [0.1, 0.15) is 10.7 Å². The molecule has 0 aliphatic heterocycles. The van der Waals surface area contributed by atoms with Gasteiger partial charge in [-0.3, -0.25) is 0 Å². The summed E-state index contributed by atoms with van der Waals surface area (Å²) < 4.78 is 18.6. The second-order valence-electron chi connectivity index (χ2n) is 3.34. The molecule has 0 aliphatic carbocycles. The van der Waals surface area contributed by atoms with Gasteiger partial charge in [-0.05, 0) is 19.1 Å². The van der Waals surface area contributed by atoms with E-state index in [0.717, 1.165) is 10.7 Å². The van der Waals surface area contributed by atoms with Crippen molar-refractivity contribution < 1.29 is 9.13 Å². The molecule has 1 heterocycles. The highest BCUT2D eigenvalue weighted by atomic mass is 32.1. The van der Waals surface area contributed by atoms with Crippen molar-refractivity contribution in [3.8, 4) is 5.75 Å². The molecule has 1 aromatic heterocycles. The maximum Gasteiger partial charge on any atom is 0.167 e. The van der Waals surface area contributed by atoms with Crippen molar-refractivity contribution in [2.45, 2.75) is 13.5 Å². The Bertz CT molecular complexity index is 498. The smallest absolute Gasteiger partial charge is 0.167 e. The predicted molar refractivity (Wildman–Crippen MR) is 62.0 cm³/mol. The summed E-state index contributed by atoms with van der Waals surface area (Å²) in [7, 11) is 0. The highest BCUT2D eigenvalue weighted by molar-refractivity contribution is 7.09. The number of nitrogens with zero attached hydrogens (tertiary/aromatic N) is 1. The molecule has 84 valence electrons. The molecule has 2 N–H and O–H groups in total. The fourth-order valence-corrected chi connectivity index (χ4v) is 1.86. The average molecular weight is 238 g/mol. The molecule has 0 atom stereocenters. The first-order valence-electron chi connectivity index (χ1n) is 4.74. The maximum atomic E-state index is 13.3. The van der Waals surface area contributed by atoms with Crippen LogP contribution in [0.3, 0.4) is 0 Å². The molecule has 5 heteroatoms. The number of nitrogen functional groups attached to an aromatic ring is 1. The van der Waals surface area contributed by atoms with Gasteiger partial charge in [0.2, 0.25) is 0 Å². The van der Waals surface area contributed by atoms with Gasteiger partial charge in [0.05, 0.1) is 10.7 Å². The Morgan fingerprint density at radius 3 is 2.94 bits per heavy atom. The van der Waals surface area contributed by atoms with Crippen LogP contribution in [0.2, 0.25) is 0 Å². The van der Waals surface area contributed by atoms with E-state index in [1.165, 1.54) is 12.1 Å². The number of ether oxygens (including phenoxy) is 1. The molecule has 0 amide bonds. The Kier molecular flexibility index (Phi) is 3.05. The predicted octanol–water partition coefficient (Wildman–Crippen LogP) is 2.75. The third-order valence-electron chi connectivity index (χ3n) is 2.00. The number of hydrogen-bond donors (Lipinski definition) is 1. The second kappa shape index (κ2) is 4.49. The molecule has 0 saturated heterocycles. The Labute approximate surface area is 96.7 Å². The van der Waals surface area contributed by atoms with Gasteiger partial charge in [-0.25, -0.2) is 9.37 Å². The second-order valence-corrected chi connectivity index (χ2v) is 4.40. The Morgan fingerprint density at radius 1 is 1.50 bits per heavy atom. The van der Waals surface area contributed by atoms with E-state index in [1.807, 2.05) is 12.3 Å². The maximum absolute atomic E-state index is 13.3. The van der Waals surface area contributed by atoms with E-state index < -0.39 is 5.82 Å². The summed E-state index contributed by atoms with van der Waals surface area (Å²) >= 11 is 1.54. The van der Waals surface area contributed by atoms with E-state index in [4.69, 9.17) is 10.5 Å². The summed E-state index contributed by atoms with van der Waals surface area (Å²) in [6, 6.07) is 4.36. The van der Waals surface area contributed by atoms with Crippen LogP contribution < -0.4 is 10.5 Å². The van der Waals surface area contributed by atoms with Crippen LogP contribution in [0.25, 0.3) is 0 Å². The molecular weight excluding hydrogens is 227 g/mol. The van der Waals surface area contributed by atoms with Gasteiger partial charge in [0.1, 0.15) is 6.61 Å². The van der Waals surface area contributed by atoms with E-state index in [1.54, 1.807) is 17.4 Å². The Morgan fingerprint density at radius 2 is 2.31 bits per heavy atom. The van der Waals surface area contributed by atoms with E-state index in [-0.39, 0.29) is 12.4 Å². The topological polar surface area (TPSA) is 48.1 Å². The largest absolute Gasteiger partial charge is 0.484 e. The number of aromatic nitrogens is 1. The lowest BCUT2D eigenvalue weighted by Crippen LogP contribution is -1.98. The zero-order valence-corrected chi connectivity index (χ0v) is 9.55. The quantitative estimate of drug-likeness (QED) is 0.836. The summed E-state index contributed by atoms with van der Waals surface area (Å²) in [6.45, 7) is 2.18. The molecule has 2 rings (SSSR count). The van der Waals surface area contributed by atoms with Gasteiger partial charge < -0.3 is 10.5 Å². The van der Waals surface area contributed by atoms with Crippen molar-refractivity contribution in [3.05, 3.63) is 40.1 Å². The zero-order chi connectivity index (χ0) is 11.5. The summed E-state index contributed by atoms with van der Waals surface area (Å²) in [4.78, 5) is 4.22. The first-order valence-corrected chi connectivity index (χ1v) is 5.62. The lowest BCUT2D eigenvalue weighted by Gasteiger charge is -2.05. The molecule has 3 nitrogen and oxygen atoms in total. The number of nitrogens with two attached hydrogens (primary N) is 1. The van der Waals surface area contributed by atoms with Crippen LogP contribution in [-0.4, -0.2) is 4.98 Å². The summed E-state index contributed by atoms with van der Waals surface area (Å²) in [5.41, 5.74) is 6.62. The van der Waals surface area contributed by atoms with Gasteiger partial charge in [0, 0.05) is 17.1 Å². The zero-order valence-electron chi connectivity index (χ0n) is 8.74. The minimum atomic E-state index is -0.452. The van der Waals surface area contributed by atoms with Crippen molar-refractivity contribution in [1.82, 2.24) is 4.98 Å². The summed E-state index contributed by atoms with van der Waals surface area (Å²) in [5.74, 6) is -0.258. The molecule has 0 fully saturated rings. The molecular formula is C11H11FN2OS. The van der Waals surface area contributed by atoms with Crippen molar-refractivity contribution in [2.75, 3.05) is 5.73 Å². The number of aryl methyl sites for hydroxylation is 1. The third-order valence-corrected chi connectivity index (χ3v) is 2.82. The first-order chi connectivity index (χ1) is 7.65. The van der Waals surface area contributed by atoms with E-state index in [0.29, 0.717) is 5.69 Å². The number of rotatable bonds is 3. The van der Waals surface area contributed by atoms with Crippen LogP contribution in [-0.2, 0) is 6.61 Å². The summed E-state index contributed by atoms with van der Waals surface area (Å²) in [5, 5.41) is 2.86. The van der Waals surface area contributed by atoms with Crippen molar-refractivity contribution in [2.24, 2.45) is 0 Å². The highest BCUT2D eigenvalue weighted by Crippen LogP contribution is 2.20. The summed E-state index contributed by atoms with van der Waals surface area (Å²) in [6.07, 6.45) is 0. The van der Waals surface area contributed by atoms with Gasteiger partial charge in [-0.15, -0.1) is 11.3 Å². The average Bonchev–Trinajstić information content (AvgIpc) is 2.63. The van der Waals surface area contributed by atoms with Crippen LogP contribution in [0.5, 0.6) is 5.75 Å².